The number of phenols is 1. The molecule has 2 amide bonds. The van der Waals surface area contributed by atoms with Crippen LogP contribution in [0.25, 0.3) is 0 Å². The maximum atomic E-state index is 12.9. The maximum absolute atomic E-state index is 12.9. The van der Waals surface area contributed by atoms with Gasteiger partial charge in [-0.1, -0.05) is 31.9 Å². The van der Waals surface area contributed by atoms with E-state index in [0.29, 0.717) is 22.5 Å². The fourth-order valence-electron chi connectivity index (χ4n) is 3.04. The number of hydrogen-bond donors (Lipinski definition) is 4. The number of nitrogens with one attached hydrogen (secondary N) is 2. The molecule has 8 heteroatoms. The first kappa shape index (κ1) is 21.9. The van der Waals surface area contributed by atoms with Gasteiger partial charge < -0.3 is 21.5 Å². The highest BCUT2D eigenvalue weighted by atomic mass is 79.9. The van der Waals surface area contributed by atoms with E-state index in [4.69, 9.17) is 5.73 Å². The van der Waals surface area contributed by atoms with Crippen molar-refractivity contribution in [3.05, 3.63) is 79.7 Å². The fraction of sp³-hybridized carbons (Fsp3) is 0.0909. The Balaban J connectivity index is 1.99. The van der Waals surface area contributed by atoms with Gasteiger partial charge in [-0.2, -0.15) is 0 Å². The summed E-state index contributed by atoms with van der Waals surface area (Å²) in [4.78, 5) is 25.8. The monoisotopic (exact) mass is 531 g/mol. The molecule has 0 atom stereocenters. The second-order valence-corrected chi connectivity index (χ2v) is 8.52. The van der Waals surface area contributed by atoms with Crippen molar-refractivity contribution in [3.8, 4) is 5.75 Å². The number of rotatable bonds is 4. The molecule has 0 radical (unpaired) electrons. The van der Waals surface area contributed by atoms with Gasteiger partial charge in [0.1, 0.15) is 5.75 Å². The Morgan fingerprint density at radius 2 is 1.10 bits per heavy atom. The molecule has 0 saturated heterocycles. The Labute approximate surface area is 190 Å². The average molecular weight is 533 g/mol. The van der Waals surface area contributed by atoms with Gasteiger partial charge in [0.25, 0.3) is 11.8 Å². The number of halogens is 2. The van der Waals surface area contributed by atoms with Gasteiger partial charge in [-0.05, 0) is 73.5 Å². The normalized spacial score (nSPS) is 10.5. The van der Waals surface area contributed by atoms with Crippen LogP contribution in [0, 0.1) is 13.8 Å². The molecule has 0 unspecified atom stereocenters. The van der Waals surface area contributed by atoms with Crippen molar-refractivity contribution >= 4 is 60.7 Å². The van der Waals surface area contributed by atoms with Crippen molar-refractivity contribution in [1.29, 1.82) is 0 Å². The third kappa shape index (κ3) is 4.49. The average Bonchev–Trinajstić information content (AvgIpc) is 2.70. The molecular formula is C22H19Br2N3O3. The zero-order chi connectivity index (χ0) is 22.0. The number of phenolic OH excluding ortho intramolecular Hbond substituents is 1. The fourth-order valence-corrected chi connectivity index (χ4v) is 3.57. The van der Waals surface area contributed by atoms with Crippen molar-refractivity contribution < 1.29 is 14.7 Å². The number of anilines is 3. The van der Waals surface area contributed by atoms with Crippen LogP contribution >= 0.6 is 31.9 Å². The van der Waals surface area contributed by atoms with E-state index in [1.165, 1.54) is 0 Å². The number of hydrogen-bond acceptors (Lipinski definition) is 4. The van der Waals surface area contributed by atoms with Crippen LogP contribution in [-0.2, 0) is 0 Å². The van der Waals surface area contributed by atoms with Crippen LogP contribution in [-0.4, -0.2) is 16.9 Å². The molecule has 0 aromatic heterocycles. The van der Waals surface area contributed by atoms with Crippen LogP contribution in [0.4, 0.5) is 17.1 Å². The molecule has 0 aliphatic carbocycles. The molecular weight excluding hydrogens is 514 g/mol. The summed E-state index contributed by atoms with van der Waals surface area (Å²) in [5.74, 6) is -1.53. The van der Waals surface area contributed by atoms with Gasteiger partial charge in [0.15, 0.2) is 0 Å². The minimum Gasteiger partial charge on any atom is -0.506 e. The first-order valence-electron chi connectivity index (χ1n) is 8.94. The van der Waals surface area contributed by atoms with E-state index in [1.807, 2.05) is 0 Å². The highest BCUT2D eigenvalue weighted by Gasteiger charge is 2.26. The zero-order valence-electron chi connectivity index (χ0n) is 16.2. The lowest BCUT2D eigenvalue weighted by atomic mass is 9.94. The van der Waals surface area contributed by atoms with E-state index in [0.717, 1.165) is 8.95 Å². The number of benzene rings is 3. The number of aromatic hydroxyl groups is 1. The lowest BCUT2D eigenvalue weighted by molar-refractivity contribution is 0.102. The summed E-state index contributed by atoms with van der Waals surface area (Å²) in [6.45, 7) is 3.27. The van der Waals surface area contributed by atoms with Gasteiger partial charge in [0.2, 0.25) is 0 Å². The molecule has 3 aromatic rings. The van der Waals surface area contributed by atoms with E-state index in [9.17, 15) is 14.7 Å². The van der Waals surface area contributed by atoms with Crippen LogP contribution in [0.3, 0.4) is 0 Å². The summed E-state index contributed by atoms with van der Waals surface area (Å²) in [5.41, 5.74) is 8.26. The Bertz CT molecular complexity index is 1040. The van der Waals surface area contributed by atoms with Crippen molar-refractivity contribution in [2.75, 3.05) is 16.4 Å². The van der Waals surface area contributed by atoms with Crippen LogP contribution < -0.4 is 16.4 Å². The minimum atomic E-state index is -0.559. The standard InChI is InChI=1S/C22H19Br2N3O3/c1-11-17(21(29)26-15-7-3-13(23)4-8-15)20(28)18(12(2)19(11)25)22(30)27-16-9-5-14(24)6-10-16/h3-10,28H,25H2,1-2H3,(H,26,29)(H,27,30). The minimum absolute atomic E-state index is 0.0398. The summed E-state index contributed by atoms with van der Waals surface area (Å²) < 4.78 is 1.73. The van der Waals surface area contributed by atoms with E-state index in [1.54, 1.807) is 62.4 Å². The van der Waals surface area contributed by atoms with E-state index >= 15 is 0 Å². The van der Waals surface area contributed by atoms with E-state index < -0.39 is 17.6 Å². The van der Waals surface area contributed by atoms with Crippen molar-refractivity contribution in [2.24, 2.45) is 0 Å². The Kier molecular flexibility index (Phi) is 6.48. The third-order valence-corrected chi connectivity index (χ3v) is 5.75. The molecule has 0 fully saturated rings. The predicted molar refractivity (Wildman–Crippen MR) is 126 cm³/mol. The summed E-state index contributed by atoms with van der Waals surface area (Å²) in [6, 6.07) is 14.0. The van der Waals surface area contributed by atoms with Gasteiger partial charge in [-0.25, -0.2) is 0 Å². The lowest BCUT2D eigenvalue weighted by Crippen LogP contribution is -2.20. The number of carbonyl (C=O) groups excluding carboxylic acids is 2. The molecule has 0 saturated carbocycles. The quantitative estimate of drug-likeness (QED) is 0.258. The number of nitrogen functional groups attached to an aromatic ring is 1. The van der Waals surface area contributed by atoms with Crippen LogP contribution in [0.15, 0.2) is 57.5 Å². The van der Waals surface area contributed by atoms with Gasteiger partial charge in [-0.15, -0.1) is 0 Å². The number of nitrogens with two attached hydrogens (primary N) is 1. The third-order valence-electron chi connectivity index (χ3n) is 4.69. The van der Waals surface area contributed by atoms with Crippen LogP contribution in [0.5, 0.6) is 5.75 Å². The van der Waals surface area contributed by atoms with Crippen molar-refractivity contribution in [3.63, 3.8) is 0 Å². The van der Waals surface area contributed by atoms with Crippen LogP contribution in [0.2, 0.25) is 0 Å². The molecule has 30 heavy (non-hydrogen) atoms. The summed E-state index contributed by atoms with van der Waals surface area (Å²) in [7, 11) is 0. The van der Waals surface area contributed by atoms with Crippen molar-refractivity contribution in [2.45, 2.75) is 13.8 Å². The Hall–Kier alpha value is -2.84. The number of amides is 2. The topological polar surface area (TPSA) is 104 Å². The molecule has 154 valence electrons. The smallest absolute Gasteiger partial charge is 0.259 e. The van der Waals surface area contributed by atoms with E-state index in [2.05, 4.69) is 42.5 Å². The lowest BCUT2D eigenvalue weighted by Gasteiger charge is -2.18. The first-order chi connectivity index (χ1) is 14.2. The molecule has 0 aliphatic heterocycles. The highest BCUT2D eigenvalue weighted by molar-refractivity contribution is 9.10. The van der Waals surface area contributed by atoms with Gasteiger partial charge in [0.05, 0.1) is 11.1 Å². The molecule has 6 nitrogen and oxygen atoms in total. The van der Waals surface area contributed by atoms with Gasteiger partial charge >= 0.3 is 0 Å². The Morgan fingerprint density at radius 1 is 0.767 bits per heavy atom. The molecule has 0 spiro atoms. The summed E-state index contributed by atoms with van der Waals surface area (Å²) in [5, 5.41) is 16.3. The van der Waals surface area contributed by atoms with Gasteiger partial charge in [-0.3, -0.25) is 9.59 Å². The molecule has 0 bridgehead atoms. The van der Waals surface area contributed by atoms with Crippen molar-refractivity contribution in [1.82, 2.24) is 0 Å². The molecule has 0 heterocycles. The predicted octanol–water partition coefficient (Wildman–Crippen LogP) is 5.62. The molecule has 5 N–H and O–H groups in total. The molecule has 0 aliphatic rings. The Morgan fingerprint density at radius 3 is 1.43 bits per heavy atom. The molecule has 3 aromatic carbocycles. The summed E-state index contributed by atoms with van der Waals surface area (Å²) in [6.07, 6.45) is 0. The highest BCUT2D eigenvalue weighted by Crippen LogP contribution is 2.35. The second kappa shape index (κ2) is 8.89. The summed E-state index contributed by atoms with van der Waals surface area (Å²) >= 11 is 6.68. The molecule has 3 rings (SSSR count). The second-order valence-electron chi connectivity index (χ2n) is 6.68. The van der Waals surface area contributed by atoms with Crippen LogP contribution in [0.1, 0.15) is 31.8 Å². The SMILES string of the molecule is Cc1c(N)c(C)c(C(=O)Nc2ccc(Br)cc2)c(O)c1C(=O)Nc1ccc(Br)cc1. The maximum Gasteiger partial charge on any atom is 0.259 e. The first-order valence-corrected chi connectivity index (χ1v) is 10.5. The zero-order valence-corrected chi connectivity index (χ0v) is 19.4. The largest absolute Gasteiger partial charge is 0.506 e. The van der Waals surface area contributed by atoms with E-state index in [-0.39, 0.29) is 16.8 Å². The number of carbonyl (C=O) groups is 2. The van der Waals surface area contributed by atoms with Gasteiger partial charge in [0, 0.05) is 26.0 Å².